The highest BCUT2D eigenvalue weighted by Crippen LogP contribution is 2.30. The third-order valence-electron chi connectivity index (χ3n) is 3.04. The number of nitrogens with one attached hydrogen (secondary N) is 1. The number of nitrogens with zero attached hydrogens (tertiary/aromatic N) is 3. The zero-order valence-electron chi connectivity index (χ0n) is 14.6. The Kier molecular flexibility index (Phi) is 7.23. The quantitative estimate of drug-likeness (QED) is 0.495. The molecule has 1 heterocycles. The summed E-state index contributed by atoms with van der Waals surface area (Å²) in [5, 5.41) is 10.8. The number of hydrogen-bond acceptors (Lipinski definition) is 8. The normalized spacial score (nSPS) is 11.2. The molecule has 0 aliphatic heterocycles. The molecule has 0 fully saturated rings. The van der Waals surface area contributed by atoms with Crippen LogP contribution in [0.5, 0.6) is 5.75 Å². The molecule has 0 radical (unpaired) electrons. The average Bonchev–Trinajstić information content (AvgIpc) is 3.00. The van der Waals surface area contributed by atoms with Crippen LogP contribution in [-0.2, 0) is 14.8 Å². The molecule has 1 N–H and O–H groups in total. The number of aromatic nitrogens is 2. The Bertz CT molecular complexity index is 854. The number of hydrogen-bond donors (Lipinski definition) is 1. The molecule has 1 aromatic carbocycles. The Hall–Kier alpha value is -1.85. The predicted octanol–water partition coefficient (Wildman–Crippen LogP) is 2.45. The fraction of sp³-hybridized carbons (Fsp3) is 0.400. The number of thioether (sulfide) groups is 1. The van der Waals surface area contributed by atoms with Crippen LogP contribution in [0.3, 0.4) is 0 Å². The standard InChI is InChI=1S/C15H20N4O4S3/c1-4-23-12-9-7-6-8-11(12)19(26(3,21)22)10-13(20)16-14-17-18-15(25-14)24-5-2/h6-9H,4-5,10H2,1-3H3,(H,16,17,20). The number of carbonyl (C=O) groups excluding carboxylic acids is 1. The van der Waals surface area contributed by atoms with Crippen molar-refractivity contribution in [3.8, 4) is 5.75 Å². The smallest absolute Gasteiger partial charge is 0.246 e. The molecule has 0 aliphatic rings. The Balaban J connectivity index is 2.19. The number of para-hydroxylation sites is 2. The van der Waals surface area contributed by atoms with E-state index in [4.69, 9.17) is 4.74 Å². The number of rotatable bonds is 9. The van der Waals surface area contributed by atoms with E-state index in [9.17, 15) is 13.2 Å². The second kappa shape index (κ2) is 9.19. The van der Waals surface area contributed by atoms with Crippen LogP contribution in [0.1, 0.15) is 13.8 Å². The molecule has 0 spiro atoms. The van der Waals surface area contributed by atoms with Crippen molar-refractivity contribution in [2.75, 3.05) is 34.8 Å². The summed E-state index contributed by atoms with van der Waals surface area (Å²) in [6.07, 6.45) is 1.05. The van der Waals surface area contributed by atoms with E-state index in [1.807, 2.05) is 6.92 Å². The van der Waals surface area contributed by atoms with Crippen molar-refractivity contribution in [3.63, 3.8) is 0 Å². The third kappa shape index (κ3) is 5.58. The average molecular weight is 417 g/mol. The van der Waals surface area contributed by atoms with Crippen molar-refractivity contribution in [1.82, 2.24) is 10.2 Å². The number of sulfonamides is 1. The summed E-state index contributed by atoms with van der Waals surface area (Å²) in [7, 11) is -3.69. The number of anilines is 2. The highest BCUT2D eigenvalue weighted by Gasteiger charge is 2.24. The van der Waals surface area contributed by atoms with Crippen molar-refractivity contribution >= 4 is 49.8 Å². The van der Waals surface area contributed by atoms with Crippen LogP contribution >= 0.6 is 23.1 Å². The van der Waals surface area contributed by atoms with E-state index in [0.29, 0.717) is 23.2 Å². The maximum atomic E-state index is 12.4. The minimum atomic E-state index is -3.69. The number of amides is 1. The van der Waals surface area contributed by atoms with Gasteiger partial charge in [0, 0.05) is 0 Å². The predicted molar refractivity (Wildman–Crippen MR) is 105 cm³/mol. The van der Waals surface area contributed by atoms with Crippen molar-refractivity contribution in [2.24, 2.45) is 0 Å². The molecule has 2 rings (SSSR count). The van der Waals surface area contributed by atoms with Crippen LogP contribution in [0.15, 0.2) is 28.6 Å². The summed E-state index contributed by atoms with van der Waals surface area (Å²) >= 11 is 2.76. The van der Waals surface area contributed by atoms with Crippen LogP contribution in [-0.4, -0.2) is 49.7 Å². The lowest BCUT2D eigenvalue weighted by Gasteiger charge is -2.23. The van der Waals surface area contributed by atoms with Gasteiger partial charge in [0.1, 0.15) is 12.3 Å². The first-order valence-electron chi connectivity index (χ1n) is 7.80. The topological polar surface area (TPSA) is 101 Å². The Morgan fingerprint density at radius 3 is 2.69 bits per heavy atom. The molecule has 26 heavy (non-hydrogen) atoms. The highest BCUT2D eigenvalue weighted by atomic mass is 32.2. The van der Waals surface area contributed by atoms with Crippen molar-refractivity contribution in [2.45, 2.75) is 18.2 Å². The molecule has 0 saturated heterocycles. The lowest BCUT2D eigenvalue weighted by Crippen LogP contribution is -2.37. The van der Waals surface area contributed by atoms with E-state index in [-0.39, 0.29) is 0 Å². The summed E-state index contributed by atoms with van der Waals surface area (Å²) in [5.74, 6) is 0.732. The Morgan fingerprint density at radius 1 is 1.31 bits per heavy atom. The Morgan fingerprint density at radius 2 is 2.04 bits per heavy atom. The molecule has 2 aromatic rings. The minimum absolute atomic E-state index is 0.312. The van der Waals surface area contributed by atoms with Gasteiger partial charge in [-0.1, -0.05) is 42.2 Å². The summed E-state index contributed by atoms with van der Waals surface area (Å²) in [6, 6.07) is 6.68. The van der Waals surface area contributed by atoms with Gasteiger partial charge in [0.2, 0.25) is 21.1 Å². The maximum absolute atomic E-state index is 12.4. The van der Waals surface area contributed by atoms with Crippen LogP contribution in [0.4, 0.5) is 10.8 Å². The first-order chi connectivity index (χ1) is 12.3. The van der Waals surface area contributed by atoms with Gasteiger partial charge in [-0.15, -0.1) is 10.2 Å². The van der Waals surface area contributed by atoms with E-state index in [2.05, 4.69) is 15.5 Å². The first-order valence-corrected chi connectivity index (χ1v) is 11.5. The maximum Gasteiger partial charge on any atom is 0.246 e. The van der Waals surface area contributed by atoms with Crippen molar-refractivity contribution in [3.05, 3.63) is 24.3 Å². The summed E-state index contributed by atoms with van der Waals surface area (Å²) in [4.78, 5) is 12.4. The summed E-state index contributed by atoms with van der Waals surface area (Å²) < 4.78 is 31.7. The lowest BCUT2D eigenvalue weighted by atomic mass is 10.3. The largest absolute Gasteiger partial charge is 0.492 e. The second-order valence-electron chi connectivity index (χ2n) is 5.02. The van der Waals surface area contributed by atoms with Crippen LogP contribution in [0.25, 0.3) is 0 Å². The SMILES string of the molecule is CCOc1ccccc1N(CC(=O)Nc1nnc(SCC)s1)S(C)(=O)=O. The van der Waals surface area contributed by atoms with Gasteiger partial charge in [0.25, 0.3) is 0 Å². The van der Waals surface area contributed by atoms with Gasteiger partial charge in [-0.25, -0.2) is 8.42 Å². The van der Waals surface area contributed by atoms with Crippen LogP contribution in [0, 0.1) is 0 Å². The van der Waals surface area contributed by atoms with Gasteiger partial charge < -0.3 is 4.74 Å². The zero-order valence-corrected chi connectivity index (χ0v) is 17.1. The van der Waals surface area contributed by atoms with E-state index in [0.717, 1.165) is 20.7 Å². The zero-order chi connectivity index (χ0) is 19.2. The molecule has 1 aromatic heterocycles. The van der Waals surface area contributed by atoms with Gasteiger partial charge in [-0.2, -0.15) is 0 Å². The van der Waals surface area contributed by atoms with Crippen LogP contribution < -0.4 is 14.4 Å². The van der Waals surface area contributed by atoms with Crippen LogP contribution in [0.2, 0.25) is 0 Å². The third-order valence-corrected chi connectivity index (χ3v) is 6.02. The monoisotopic (exact) mass is 416 g/mol. The molecule has 11 heteroatoms. The molecule has 0 aliphatic carbocycles. The molecule has 142 valence electrons. The fourth-order valence-electron chi connectivity index (χ4n) is 2.05. The molecule has 0 bridgehead atoms. The molecule has 0 saturated carbocycles. The number of carbonyl (C=O) groups is 1. The van der Waals surface area contributed by atoms with Gasteiger partial charge in [0.15, 0.2) is 4.34 Å². The van der Waals surface area contributed by atoms with E-state index >= 15 is 0 Å². The number of benzene rings is 1. The van der Waals surface area contributed by atoms with Gasteiger partial charge in [0.05, 0.1) is 18.6 Å². The van der Waals surface area contributed by atoms with E-state index < -0.39 is 22.5 Å². The molecular weight excluding hydrogens is 396 g/mol. The summed E-state index contributed by atoms with van der Waals surface area (Å²) in [5.41, 5.74) is 0.312. The number of ether oxygens (including phenoxy) is 1. The second-order valence-corrected chi connectivity index (χ2v) is 9.42. The molecule has 0 atom stereocenters. The van der Waals surface area contributed by atoms with Crippen molar-refractivity contribution in [1.29, 1.82) is 0 Å². The van der Waals surface area contributed by atoms with E-state index in [1.54, 1.807) is 31.2 Å². The summed E-state index contributed by atoms with van der Waals surface area (Å²) in [6.45, 7) is 3.78. The van der Waals surface area contributed by atoms with Gasteiger partial charge in [-0.3, -0.25) is 14.4 Å². The fourth-order valence-corrected chi connectivity index (χ4v) is 4.58. The molecule has 8 nitrogen and oxygen atoms in total. The first kappa shape index (κ1) is 20.5. The van der Waals surface area contributed by atoms with Crippen molar-refractivity contribution < 1.29 is 17.9 Å². The highest BCUT2D eigenvalue weighted by molar-refractivity contribution is 8.01. The van der Waals surface area contributed by atoms with E-state index in [1.165, 1.54) is 23.1 Å². The minimum Gasteiger partial charge on any atom is -0.492 e. The Labute approximate surface area is 161 Å². The van der Waals surface area contributed by atoms with Gasteiger partial charge in [-0.05, 0) is 24.8 Å². The van der Waals surface area contributed by atoms with Gasteiger partial charge >= 0.3 is 0 Å². The molecule has 0 unspecified atom stereocenters. The molecule has 1 amide bonds. The lowest BCUT2D eigenvalue weighted by molar-refractivity contribution is -0.114. The molecular formula is C15H20N4O4S3.